The number of nitrogens with one attached hydrogen (secondary N) is 1. The lowest BCUT2D eigenvalue weighted by Gasteiger charge is -2.06. The van der Waals surface area contributed by atoms with Crippen LogP contribution in [0.4, 0.5) is 0 Å². The maximum Gasteiger partial charge on any atom is 0.264 e. The van der Waals surface area contributed by atoms with Gasteiger partial charge in [0.15, 0.2) is 9.84 Å². The predicted molar refractivity (Wildman–Crippen MR) is 82.6 cm³/mol. The molecular formula is C14H13NO6S2. The van der Waals surface area contributed by atoms with E-state index < -0.39 is 25.8 Å². The first kappa shape index (κ1) is 17.0. The van der Waals surface area contributed by atoms with Gasteiger partial charge in [0.05, 0.1) is 16.1 Å². The number of furan rings is 1. The lowest BCUT2D eigenvalue weighted by atomic mass is 10.4. The SMILES string of the molecule is CS(=O)(=O)c1cccc(S(=O)(=O)NC(=O)C=Cc2ccco2)c1. The van der Waals surface area contributed by atoms with Crippen LogP contribution in [0, 0.1) is 0 Å². The van der Waals surface area contributed by atoms with Crippen LogP contribution in [0.15, 0.2) is 62.9 Å². The number of carbonyl (C=O) groups is 1. The molecule has 0 spiro atoms. The lowest BCUT2D eigenvalue weighted by molar-refractivity contribution is -0.114. The van der Waals surface area contributed by atoms with Gasteiger partial charge in [0.25, 0.3) is 15.9 Å². The van der Waals surface area contributed by atoms with Crippen molar-refractivity contribution in [2.24, 2.45) is 0 Å². The third-order valence-electron chi connectivity index (χ3n) is 2.72. The third kappa shape index (κ3) is 4.54. The second kappa shape index (κ2) is 6.39. The summed E-state index contributed by atoms with van der Waals surface area (Å²) in [4.78, 5) is 11.2. The first-order valence-corrected chi connectivity index (χ1v) is 9.64. The maximum atomic E-state index is 12.1. The molecule has 0 aliphatic carbocycles. The van der Waals surface area contributed by atoms with E-state index in [1.165, 1.54) is 30.5 Å². The molecule has 0 saturated heterocycles. The average molecular weight is 355 g/mol. The molecule has 9 heteroatoms. The fraction of sp³-hybridized carbons (Fsp3) is 0.0714. The molecule has 0 saturated carbocycles. The summed E-state index contributed by atoms with van der Waals surface area (Å²) in [5.41, 5.74) is 0. The summed E-state index contributed by atoms with van der Waals surface area (Å²) in [7, 11) is -7.74. The van der Waals surface area contributed by atoms with E-state index in [9.17, 15) is 21.6 Å². The molecule has 23 heavy (non-hydrogen) atoms. The van der Waals surface area contributed by atoms with Crippen molar-refractivity contribution in [3.63, 3.8) is 0 Å². The van der Waals surface area contributed by atoms with E-state index in [1.54, 1.807) is 12.1 Å². The van der Waals surface area contributed by atoms with E-state index in [-0.39, 0.29) is 9.79 Å². The molecule has 2 aromatic rings. The minimum Gasteiger partial charge on any atom is -0.465 e. The topological polar surface area (TPSA) is 111 Å². The third-order valence-corrected chi connectivity index (χ3v) is 5.18. The summed E-state index contributed by atoms with van der Waals surface area (Å²) in [5.74, 6) is -0.497. The van der Waals surface area contributed by atoms with E-state index in [0.29, 0.717) is 5.76 Å². The van der Waals surface area contributed by atoms with Crippen molar-refractivity contribution in [2.45, 2.75) is 9.79 Å². The normalized spacial score (nSPS) is 12.4. The summed E-state index contributed by atoms with van der Waals surface area (Å²) >= 11 is 0. The number of carbonyl (C=O) groups excluding carboxylic acids is 1. The first-order chi connectivity index (χ1) is 10.7. The second-order valence-corrected chi connectivity index (χ2v) is 8.26. The molecule has 0 unspecified atom stereocenters. The second-order valence-electron chi connectivity index (χ2n) is 4.57. The fourth-order valence-electron chi connectivity index (χ4n) is 1.64. The molecular weight excluding hydrogens is 342 g/mol. The highest BCUT2D eigenvalue weighted by atomic mass is 32.2. The number of sulfone groups is 1. The molecule has 0 radical (unpaired) electrons. The summed E-state index contributed by atoms with van der Waals surface area (Å²) < 4.78 is 53.9. The van der Waals surface area contributed by atoms with Crippen LogP contribution in [0.5, 0.6) is 0 Å². The molecule has 1 aromatic carbocycles. The van der Waals surface area contributed by atoms with Gasteiger partial charge in [-0.05, 0) is 36.4 Å². The Bertz CT molecular complexity index is 941. The molecule has 1 N–H and O–H groups in total. The highest BCUT2D eigenvalue weighted by molar-refractivity contribution is 7.91. The predicted octanol–water partition coefficient (Wildman–Crippen LogP) is 1.20. The number of amides is 1. The molecule has 1 heterocycles. The van der Waals surface area contributed by atoms with Crippen molar-refractivity contribution in [2.75, 3.05) is 6.26 Å². The average Bonchev–Trinajstić information content (AvgIpc) is 2.97. The Morgan fingerprint density at radius 3 is 2.39 bits per heavy atom. The van der Waals surface area contributed by atoms with E-state index in [1.807, 2.05) is 4.72 Å². The minimum absolute atomic E-state index is 0.154. The van der Waals surface area contributed by atoms with E-state index in [2.05, 4.69) is 0 Å². The van der Waals surface area contributed by atoms with Crippen LogP contribution >= 0.6 is 0 Å². The zero-order valence-corrected chi connectivity index (χ0v) is 13.6. The molecule has 1 aromatic heterocycles. The fourth-order valence-corrected chi connectivity index (χ4v) is 3.37. The van der Waals surface area contributed by atoms with E-state index >= 15 is 0 Å². The smallest absolute Gasteiger partial charge is 0.264 e. The molecule has 0 bridgehead atoms. The maximum absolute atomic E-state index is 12.1. The van der Waals surface area contributed by atoms with Gasteiger partial charge in [-0.15, -0.1) is 0 Å². The van der Waals surface area contributed by atoms with Crippen molar-refractivity contribution in [1.29, 1.82) is 0 Å². The summed E-state index contributed by atoms with van der Waals surface area (Å²) in [6.45, 7) is 0. The summed E-state index contributed by atoms with van der Waals surface area (Å²) in [6.07, 6.45) is 4.67. The Morgan fingerprint density at radius 1 is 1.09 bits per heavy atom. The van der Waals surface area contributed by atoms with Gasteiger partial charge in [-0.1, -0.05) is 6.07 Å². The van der Waals surface area contributed by atoms with Gasteiger partial charge in [0, 0.05) is 12.3 Å². The number of rotatable bonds is 5. The largest absolute Gasteiger partial charge is 0.465 e. The monoisotopic (exact) mass is 355 g/mol. The summed E-state index contributed by atoms with van der Waals surface area (Å²) in [6, 6.07) is 7.95. The van der Waals surface area contributed by atoms with Crippen LogP contribution in [0.1, 0.15) is 5.76 Å². The molecule has 122 valence electrons. The highest BCUT2D eigenvalue weighted by Crippen LogP contribution is 2.15. The van der Waals surface area contributed by atoms with Crippen molar-refractivity contribution >= 4 is 31.8 Å². The van der Waals surface area contributed by atoms with Crippen molar-refractivity contribution < 1.29 is 26.0 Å². The summed E-state index contributed by atoms with van der Waals surface area (Å²) in [5, 5.41) is 0. The quantitative estimate of drug-likeness (QED) is 0.807. The molecule has 7 nitrogen and oxygen atoms in total. The van der Waals surface area contributed by atoms with Crippen LogP contribution in [0.2, 0.25) is 0 Å². The number of hydrogen-bond donors (Lipinski definition) is 1. The molecule has 0 aliphatic heterocycles. The Morgan fingerprint density at radius 2 is 1.78 bits per heavy atom. The molecule has 0 aliphatic rings. The Hall–Kier alpha value is -2.39. The Labute approximate surface area is 133 Å². The van der Waals surface area contributed by atoms with Gasteiger partial charge in [-0.3, -0.25) is 4.79 Å². The van der Waals surface area contributed by atoms with Gasteiger partial charge >= 0.3 is 0 Å². The zero-order chi connectivity index (χ0) is 17.1. The number of sulfonamides is 1. The van der Waals surface area contributed by atoms with E-state index in [4.69, 9.17) is 4.42 Å². The standard InChI is InChI=1S/C14H13NO6S2/c1-22(17,18)12-5-2-6-13(10-12)23(19,20)15-14(16)8-7-11-4-3-9-21-11/h2-10H,1H3,(H,15,16). The van der Waals surface area contributed by atoms with Gasteiger partial charge in [-0.25, -0.2) is 21.6 Å². The van der Waals surface area contributed by atoms with Gasteiger partial charge < -0.3 is 4.42 Å². The van der Waals surface area contributed by atoms with Crippen molar-refractivity contribution in [3.05, 3.63) is 54.5 Å². The first-order valence-electron chi connectivity index (χ1n) is 6.27. The molecule has 0 atom stereocenters. The van der Waals surface area contributed by atoms with E-state index in [0.717, 1.165) is 18.4 Å². The van der Waals surface area contributed by atoms with Crippen molar-refractivity contribution in [3.8, 4) is 0 Å². The minimum atomic E-state index is -4.18. The number of benzene rings is 1. The van der Waals surface area contributed by atoms with Crippen LogP contribution in [-0.4, -0.2) is 29.0 Å². The van der Waals surface area contributed by atoms with Crippen LogP contribution in [0.25, 0.3) is 6.08 Å². The van der Waals surface area contributed by atoms with Crippen molar-refractivity contribution in [1.82, 2.24) is 4.72 Å². The van der Waals surface area contributed by atoms with Crippen LogP contribution in [0.3, 0.4) is 0 Å². The van der Waals surface area contributed by atoms with Gasteiger partial charge in [0.2, 0.25) is 0 Å². The van der Waals surface area contributed by atoms with Crippen LogP contribution < -0.4 is 4.72 Å². The lowest BCUT2D eigenvalue weighted by Crippen LogP contribution is -2.29. The molecule has 0 fully saturated rings. The van der Waals surface area contributed by atoms with Gasteiger partial charge in [-0.2, -0.15) is 0 Å². The number of hydrogen-bond acceptors (Lipinski definition) is 6. The zero-order valence-electron chi connectivity index (χ0n) is 12.0. The highest BCUT2D eigenvalue weighted by Gasteiger charge is 2.18. The Kier molecular flexibility index (Phi) is 4.71. The van der Waals surface area contributed by atoms with Crippen LogP contribution in [-0.2, 0) is 24.7 Å². The molecule has 1 amide bonds. The molecule has 2 rings (SSSR count). The Balaban J connectivity index is 2.20. The van der Waals surface area contributed by atoms with Gasteiger partial charge in [0.1, 0.15) is 5.76 Å².